The molecule has 2 aliphatic carbocycles. The number of ether oxygens (including phenoxy) is 1. The van der Waals surface area contributed by atoms with E-state index in [-0.39, 0.29) is 17.8 Å². The van der Waals surface area contributed by atoms with Gasteiger partial charge in [-0.25, -0.2) is 19.9 Å². The number of nitrogens with one attached hydrogen (secondary N) is 2. The predicted octanol–water partition coefficient (Wildman–Crippen LogP) is 7.20. The van der Waals surface area contributed by atoms with Gasteiger partial charge in [-0.3, -0.25) is 19.6 Å². The number of nitrogens with zero attached hydrogens (tertiary/aromatic N) is 6. The summed E-state index contributed by atoms with van der Waals surface area (Å²) in [6.45, 7) is 1.50. The monoisotopic (exact) mass is 742 g/mol. The van der Waals surface area contributed by atoms with Crippen LogP contribution in [0.1, 0.15) is 56.0 Å². The van der Waals surface area contributed by atoms with Gasteiger partial charge in [0, 0.05) is 33.6 Å². The van der Waals surface area contributed by atoms with Crippen molar-refractivity contribution in [3.05, 3.63) is 92.2 Å². The SMILES string of the molecule is COC(=O)C1CCc2c(sc3ncnc(Nc4ccc5c(c4)C=NC5)c23)C1.O=C(O)C1CCc2c(sc3ncnc(Nc4ccc5c(c4)C=NC5)c23)C1. The van der Waals surface area contributed by atoms with E-state index in [1.807, 2.05) is 18.5 Å². The summed E-state index contributed by atoms with van der Waals surface area (Å²) in [5, 5.41) is 18.3. The Kier molecular flexibility index (Phi) is 8.63. The summed E-state index contributed by atoms with van der Waals surface area (Å²) in [4.78, 5) is 53.9. The minimum absolute atomic E-state index is 0.0593. The number of hydrogen-bond donors (Lipinski definition) is 3. The number of methoxy groups -OCH3 is 1. The van der Waals surface area contributed by atoms with Crippen molar-refractivity contribution in [2.75, 3.05) is 17.7 Å². The number of carboxylic acid groups (broad SMARTS) is 1. The molecule has 3 N–H and O–H groups in total. The van der Waals surface area contributed by atoms with Crippen molar-refractivity contribution in [1.29, 1.82) is 0 Å². The summed E-state index contributed by atoms with van der Waals surface area (Å²) in [6, 6.07) is 12.5. The third kappa shape index (κ3) is 6.31. The molecular formula is C39H34N8O4S2. The Balaban J connectivity index is 0.000000141. The van der Waals surface area contributed by atoms with E-state index in [2.05, 4.69) is 70.9 Å². The average Bonchev–Trinajstić information content (AvgIpc) is 3.98. The van der Waals surface area contributed by atoms with Crippen LogP contribution in [0.3, 0.4) is 0 Å². The van der Waals surface area contributed by atoms with E-state index in [9.17, 15) is 14.7 Å². The molecule has 0 bridgehead atoms. The molecule has 0 radical (unpaired) electrons. The van der Waals surface area contributed by atoms with E-state index in [0.29, 0.717) is 12.8 Å². The minimum Gasteiger partial charge on any atom is -0.481 e. The quantitative estimate of drug-likeness (QED) is 0.149. The third-order valence-electron chi connectivity index (χ3n) is 10.4. The number of hydrogen-bond acceptors (Lipinski definition) is 13. The van der Waals surface area contributed by atoms with Gasteiger partial charge in [0.25, 0.3) is 0 Å². The molecule has 0 saturated carbocycles. The number of rotatable bonds is 6. The molecule has 0 spiro atoms. The van der Waals surface area contributed by atoms with Gasteiger partial charge >= 0.3 is 11.9 Å². The van der Waals surface area contributed by atoms with Gasteiger partial charge in [-0.15, -0.1) is 22.7 Å². The lowest BCUT2D eigenvalue weighted by Gasteiger charge is -2.20. The number of carbonyl (C=O) groups is 2. The average molecular weight is 743 g/mol. The van der Waals surface area contributed by atoms with Crippen molar-refractivity contribution in [1.82, 2.24) is 19.9 Å². The third-order valence-corrected chi connectivity index (χ3v) is 12.7. The number of aliphatic imine (C=N–C) groups is 2. The van der Waals surface area contributed by atoms with Crippen LogP contribution >= 0.6 is 22.7 Å². The van der Waals surface area contributed by atoms with Crippen LogP contribution in [0.25, 0.3) is 20.4 Å². The Labute approximate surface area is 312 Å². The van der Waals surface area contributed by atoms with Crippen molar-refractivity contribution in [3.8, 4) is 0 Å². The van der Waals surface area contributed by atoms with E-state index in [4.69, 9.17) is 4.74 Å². The molecule has 4 aliphatic rings. The summed E-state index contributed by atoms with van der Waals surface area (Å²) in [6.07, 6.45) is 11.3. The predicted molar refractivity (Wildman–Crippen MR) is 208 cm³/mol. The normalized spacial score (nSPS) is 17.8. The summed E-state index contributed by atoms with van der Waals surface area (Å²) in [5.41, 5.74) is 9.19. The molecule has 0 fully saturated rings. The van der Waals surface area contributed by atoms with Crippen molar-refractivity contribution in [3.63, 3.8) is 0 Å². The second-order valence-electron chi connectivity index (χ2n) is 13.6. The first-order valence-electron chi connectivity index (χ1n) is 17.5. The molecule has 53 heavy (non-hydrogen) atoms. The zero-order valence-corrected chi connectivity index (χ0v) is 30.4. The van der Waals surface area contributed by atoms with Gasteiger partial charge in [-0.1, -0.05) is 12.1 Å². The largest absolute Gasteiger partial charge is 0.481 e. The molecule has 2 unspecified atom stereocenters. The van der Waals surface area contributed by atoms with Crippen LogP contribution in [-0.4, -0.2) is 56.5 Å². The Morgan fingerprint density at radius 2 is 1.25 bits per heavy atom. The molecule has 0 amide bonds. The highest BCUT2D eigenvalue weighted by molar-refractivity contribution is 7.19. The summed E-state index contributed by atoms with van der Waals surface area (Å²) < 4.78 is 4.93. The Hall–Kier alpha value is -5.60. The zero-order valence-electron chi connectivity index (χ0n) is 28.8. The lowest BCUT2D eigenvalue weighted by Crippen LogP contribution is -2.22. The number of thiophene rings is 2. The number of fused-ring (bicyclic) bond motifs is 8. The molecule has 2 aromatic carbocycles. The Bertz CT molecular complexity index is 2510. The number of aliphatic carboxylic acids is 1. The first-order chi connectivity index (χ1) is 25.9. The number of carbonyl (C=O) groups excluding carboxylic acids is 1. The van der Waals surface area contributed by atoms with Crippen molar-refractivity contribution < 1.29 is 19.4 Å². The van der Waals surface area contributed by atoms with Gasteiger partial charge in [0.2, 0.25) is 0 Å². The zero-order chi connectivity index (χ0) is 36.1. The highest BCUT2D eigenvalue weighted by atomic mass is 32.1. The number of aromatic nitrogens is 4. The maximum absolute atomic E-state index is 11.9. The fraction of sp³-hybridized carbons (Fsp3) is 0.282. The van der Waals surface area contributed by atoms with Crippen molar-refractivity contribution in [2.24, 2.45) is 21.8 Å². The second kappa shape index (κ2) is 13.7. The minimum atomic E-state index is -0.711. The van der Waals surface area contributed by atoms with Crippen LogP contribution in [0, 0.1) is 11.8 Å². The van der Waals surface area contributed by atoms with Crippen molar-refractivity contribution in [2.45, 2.75) is 51.6 Å². The van der Waals surface area contributed by atoms with E-state index >= 15 is 0 Å². The van der Waals surface area contributed by atoms with E-state index in [0.717, 1.165) is 98.2 Å². The Morgan fingerprint density at radius 1 is 0.736 bits per heavy atom. The smallest absolute Gasteiger partial charge is 0.309 e. The number of anilines is 4. The molecule has 6 aromatic rings. The second-order valence-corrected chi connectivity index (χ2v) is 15.7. The standard InChI is InChI=1S/C20H18N4O2S.C19H16N4O2S/c1-26-20(25)11-3-5-15-16(7-11)27-19-17(15)18(22-10-23-19)24-14-4-2-12-8-21-9-13(12)6-14;24-19(25)10-2-4-14-15(6-10)26-18-16(14)17(21-9-22-18)23-13-3-1-11-7-20-8-12(11)5-13/h2,4,6,9-11H,3,5,7-8H2,1H3,(H,22,23,24);1,3,5,8-10H,2,4,6-7H2,(H,24,25)(H,21,22,23). The lowest BCUT2D eigenvalue weighted by molar-refractivity contribution is -0.146. The maximum Gasteiger partial charge on any atom is 0.309 e. The molecule has 12 nitrogen and oxygen atoms in total. The van der Waals surface area contributed by atoms with Gasteiger partial charge in [0.05, 0.1) is 42.8 Å². The van der Waals surface area contributed by atoms with Gasteiger partial charge in [0.15, 0.2) is 0 Å². The number of benzene rings is 2. The molecule has 2 atom stereocenters. The molecule has 2 aliphatic heterocycles. The molecule has 4 aromatic heterocycles. The number of aryl methyl sites for hydroxylation is 2. The maximum atomic E-state index is 11.9. The van der Waals surface area contributed by atoms with Crippen LogP contribution < -0.4 is 10.6 Å². The highest BCUT2D eigenvalue weighted by Crippen LogP contribution is 2.42. The molecule has 6 heterocycles. The van der Waals surface area contributed by atoms with Crippen LogP contribution in [0.5, 0.6) is 0 Å². The van der Waals surface area contributed by atoms with Gasteiger partial charge in [-0.2, -0.15) is 0 Å². The summed E-state index contributed by atoms with van der Waals surface area (Å²) >= 11 is 3.25. The van der Waals surface area contributed by atoms with Crippen LogP contribution in [0.15, 0.2) is 59.0 Å². The van der Waals surface area contributed by atoms with Gasteiger partial charge in [-0.05, 0) is 96.2 Å². The first-order valence-corrected chi connectivity index (χ1v) is 19.2. The molecule has 14 heteroatoms. The molecular weight excluding hydrogens is 709 g/mol. The fourth-order valence-electron chi connectivity index (χ4n) is 7.62. The summed E-state index contributed by atoms with van der Waals surface area (Å²) in [5.74, 6) is 0.423. The number of esters is 1. The topological polar surface area (TPSA) is 164 Å². The van der Waals surface area contributed by atoms with Crippen molar-refractivity contribution >= 4 is 90.5 Å². The molecule has 0 saturated heterocycles. The lowest BCUT2D eigenvalue weighted by atomic mass is 9.88. The van der Waals surface area contributed by atoms with E-state index in [1.165, 1.54) is 34.2 Å². The number of carboxylic acids is 1. The van der Waals surface area contributed by atoms with Crippen LogP contribution in [0.4, 0.5) is 23.0 Å². The highest BCUT2D eigenvalue weighted by Gasteiger charge is 2.30. The van der Waals surface area contributed by atoms with E-state index < -0.39 is 5.97 Å². The van der Waals surface area contributed by atoms with Crippen LogP contribution in [0.2, 0.25) is 0 Å². The molecule has 10 rings (SSSR count). The van der Waals surface area contributed by atoms with E-state index in [1.54, 1.807) is 35.3 Å². The van der Waals surface area contributed by atoms with Crippen LogP contribution in [-0.2, 0) is 53.1 Å². The Morgan fingerprint density at radius 3 is 1.75 bits per heavy atom. The summed E-state index contributed by atoms with van der Waals surface area (Å²) in [7, 11) is 1.46. The van der Waals surface area contributed by atoms with Gasteiger partial charge in [0.1, 0.15) is 34.0 Å². The first kappa shape index (κ1) is 33.3. The fourth-order valence-corrected chi connectivity index (χ4v) is 10.2. The van der Waals surface area contributed by atoms with Gasteiger partial charge < -0.3 is 20.5 Å². The molecule has 266 valence electrons.